The lowest BCUT2D eigenvalue weighted by Crippen LogP contribution is -2.35. The van der Waals surface area contributed by atoms with Crippen molar-refractivity contribution in [3.63, 3.8) is 0 Å². The van der Waals surface area contributed by atoms with Crippen LogP contribution in [0.4, 0.5) is 0 Å². The van der Waals surface area contributed by atoms with E-state index in [2.05, 4.69) is 9.88 Å². The molecule has 7 heteroatoms. The summed E-state index contributed by atoms with van der Waals surface area (Å²) in [5, 5.41) is 13.3. The number of thiophene rings is 1. The number of hydrogen-bond donors (Lipinski definition) is 2. The predicted molar refractivity (Wildman–Crippen MR) is 47.8 cm³/mol. The highest BCUT2D eigenvalue weighted by Crippen LogP contribution is 2.25. The Morgan fingerprint density at radius 2 is 2.38 bits per heavy atom. The molecule has 70 valence electrons. The zero-order valence-electron chi connectivity index (χ0n) is 6.39. The number of hydrogen-bond acceptors (Lipinski definition) is 5. The molecular formula is C6H6N2O3S2. The quantitative estimate of drug-likeness (QED) is 0.483. The van der Waals surface area contributed by atoms with Gasteiger partial charge >= 0.3 is 0 Å². The van der Waals surface area contributed by atoms with Crippen LogP contribution in [0.1, 0.15) is 4.88 Å². The molecule has 1 aromatic heterocycles. The molecule has 1 aliphatic heterocycles. The third kappa shape index (κ3) is 1.25. The summed E-state index contributed by atoms with van der Waals surface area (Å²) in [6.45, 7) is 0.0480. The van der Waals surface area contributed by atoms with Crippen molar-refractivity contribution in [2.75, 3.05) is 6.54 Å². The van der Waals surface area contributed by atoms with Gasteiger partial charge in [-0.3, -0.25) is 0 Å². The first-order valence-electron chi connectivity index (χ1n) is 3.43. The second-order valence-electron chi connectivity index (χ2n) is 2.49. The lowest BCUT2D eigenvalue weighted by Gasteiger charge is -2.13. The lowest BCUT2D eigenvalue weighted by atomic mass is 10.3. The Morgan fingerprint density at radius 3 is 3.08 bits per heavy atom. The van der Waals surface area contributed by atoms with Crippen LogP contribution in [0.5, 0.6) is 0 Å². The Labute approximate surface area is 78.8 Å². The molecule has 0 bridgehead atoms. The van der Waals surface area contributed by atoms with Crippen molar-refractivity contribution in [1.82, 2.24) is 4.72 Å². The highest BCUT2D eigenvalue weighted by Gasteiger charge is 2.28. The van der Waals surface area contributed by atoms with Crippen molar-refractivity contribution in [3.8, 4) is 0 Å². The average molecular weight is 218 g/mol. The first-order valence-corrected chi connectivity index (χ1v) is 5.80. The molecule has 1 aliphatic rings. The van der Waals surface area contributed by atoms with E-state index in [-0.39, 0.29) is 11.4 Å². The van der Waals surface area contributed by atoms with Gasteiger partial charge in [0.1, 0.15) is 10.6 Å². The summed E-state index contributed by atoms with van der Waals surface area (Å²) >= 11 is 1.25. The van der Waals surface area contributed by atoms with Gasteiger partial charge in [-0.25, -0.2) is 13.1 Å². The van der Waals surface area contributed by atoms with Gasteiger partial charge in [-0.2, -0.15) is 0 Å². The Bertz CT molecular complexity index is 460. The van der Waals surface area contributed by atoms with Gasteiger partial charge in [0.05, 0.1) is 11.4 Å². The maximum Gasteiger partial charge on any atom is 0.242 e. The molecule has 2 rings (SSSR count). The van der Waals surface area contributed by atoms with Gasteiger partial charge in [0, 0.05) is 0 Å². The molecular weight excluding hydrogens is 212 g/mol. The van der Waals surface area contributed by atoms with E-state index in [9.17, 15) is 8.42 Å². The largest absolute Gasteiger partial charge is 0.411 e. The fraction of sp³-hybridized carbons (Fsp3) is 0.167. The molecule has 1 aromatic rings. The van der Waals surface area contributed by atoms with Crippen LogP contribution in [0.3, 0.4) is 0 Å². The summed E-state index contributed by atoms with van der Waals surface area (Å²) in [7, 11) is -3.37. The van der Waals surface area contributed by atoms with E-state index >= 15 is 0 Å². The van der Waals surface area contributed by atoms with E-state index in [1.807, 2.05) is 0 Å². The van der Waals surface area contributed by atoms with Crippen LogP contribution >= 0.6 is 11.3 Å². The van der Waals surface area contributed by atoms with Crippen molar-refractivity contribution >= 4 is 27.1 Å². The molecule has 0 saturated heterocycles. The number of rotatable bonds is 0. The Kier molecular flexibility index (Phi) is 1.86. The molecule has 0 fully saturated rings. The Morgan fingerprint density at radius 1 is 1.62 bits per heavy atom. The van der Waals surface area contributed by atoms with Crippen LogP contribution in [0.2, 0.25) is 0 Å². The molecule has 0 saturated carbocycles. The van der Waals surface area contributed by atoms with Gasteiger partial charge in [-0.1, -0.05) is 5.16 Å². The maximum atomic E-state index is 11.4. The SMILES string of the molecule is O=S1(=O)NCC(=NO)c2sccc21. The van der Waals surface area contributed by atoms with Gasteiger partial charge in [0.15, 0.2) is 0 Å². The van der Waals surface area contributed by atoms with Crippen LogP contribution in [0.15, 0.2) is 21.5 Å². The third-order valence-corrected chi connectivity index (χ3v) is 4.27. The molecule has 0 aliphatic carbocycles. The zero-order chi connectivity index (χ0) is 9.47. The van der Waals surface area contributed by atoms with Gasteiger partial charge in [-0.15, -0.1) is 11.3 Å². The summed E-state index contributed by atoms with van der Waals surface area (Å²) in [6, 6.07) is 1.49. The molecule has 13 heavy (non-hydrogen) atoms. The fourth-order valence-electron chi connectivity index (χ4n) is 1.12. The third-order valence-electron chi connectivity index (χ3n) is 1.73. The van der Waals surface area contributed by atoms with Crippen LogP contribution in [-0.4, -0.2) is 25.9 Å². The van der Waals surface area contributed by atoms with Crippen molar-refractivity contribution in [1.29, 1.82) is 0 Å². The summed E-state index contributed by atoms with van der Waals surface area (Å²) < 4.78 is 25.0. The number of sulfonamides is 1. The smallest absolute Gasteiger partial charge is 0.242 e. The van der Waals surface area contributed by atoms with Gasteiger partial charge in [0.2, 0.25) is 10.0 Å². The summed E-state index contributed by atoms with van der Waals surface area (Å²) in [4.78, 5) is 0.706. The summed E-state index contributed by atoms with van der Waals surface area (Å²) in [5.41, 5.74) is 0.361. The van der Waals surface area contributed by atoms with E-state index in [1.54, 1.807) is 5.38 Å². The molecule has 0 radical (unpaired) electrons. The minimum atomic E-state index is -3.37. The summed E-state index contributed by atoms with van der Waals surface area (Å²) in [5.74, 6) is 0. The van der Waals surface area contributed by atoms with E-state index in [1.165, 1.54) is 17.4 Å². The highest BCUT2D eigenvalue weighted by atomic mass is 32.2. The molecule has 0 amide bonds. The minimum absolute atomic E-state index is 0.0480. The highest BCUT2D eigenvalue weighted by molar-refractivity contribution is 7.90. The minimum Gasteiger partial charge on any atom is -0.411 e. The lowest BCUT2D eigenvalue weighted by molar-refractivity contribution is 0.318. The van der Waals surface area contributed by atoms with Crippen molar-refractivity contribution in [3.05, 3.63) is 16.3 Å². The number of nitrogens with one attached hydrogen (secondary N) is 1. The Hall–Kier alpha value is -0.920. The monoisotopic (exact) mass is 218 g/mol. The normalized spacial score (nSPS) is 22.9. The fourth-order valence-corrected chi connectivity index (χ4v) is 3.55. The van der Waals surface area contributed by atoms with E-state index in [0.717, 1.165) is 0 Å². The summed E-state index contributed by atoms with van der Waals surface area (Å²) in [6.07, 6.45) is 0. The first kappa shape index (κ1) is 8.67. The maximum absolute atomic E-state index is 11.4. The standard InChI is InChI=1S/C6H6N2O3S2/c9-8-4-3-7-13(10,11)5-1-2-12-6(4)5/h1-2,7,9H,3H2. The molecule has 2 N–H and O–H groups in total. The number of fused-ring (bicyclic) bond motifs is 1. The van der Waals surface area contributed by atoms with E-state index in [0.29, 0.717) is 10.6 Å². The van der Waals surface area contributed by atoms with E-state index in [4.69, 9.17) is 5.21 Å². The van der Waals surface area contributed by atoms with E-state index < -0.39 is 10.0 Å². The average Bonchev–Trinajstić information content (AvgIpc) is 2.54. The first-order chi connectivity index (χ1) is 6.15. The molecule has 2 heterocycles. The van der Waals surface area contributed by atoms with Crippen molar-refractivity contribution in [2.45, 2.75) is 4.90 Å². The van der Waals surface area contributed by atoms with Gasteiger partial charge in [-0.05, 0) is 11.4 Å². The van der Waals surface area contributed by atoms with Crippen molar-refractivity contribution in [2.24, 2.45) is 5.16 Å². The van der Waals surface area contributed by atoms with Crippen LogP contribution < -0.4 is 4.72 Å². The second kappa shape index (κ2) is 2.79. The second-order valence-corrected chi connectivity index (χ2v) is 5.14. The predicted octanol–water partition coefficient (Wildman–Crippen LogP) is 0.218. The number of nitrogens with zero attached hydrogens (tertiary/aromatic N) is 1. The Balaban J connectivity index is 2.69. The van der Waals surface area contributed by atoms with Crippen molar-refractivity contribution < 1.29 is 13.6 Å². The molecule has 0 spiro atoms. The van der Waals surface area contributed by atoms with Crippen LogP contribution in [-0.2, 0) is 10.0 Å². The molecule has 5 nitrogen and oxygen atoms in total. The molecule has 0 aromatic carbocycles. The van der Waals surface area contributed by atoms with Gasteiger partial charge in [0.25, 0.3) is 0 Å². The van der Waals surface area contributed by atoms with Crippen LogP contribution in [0.25, 0.3) is 0 Å². The number of oxime groups is 1. The van der Waals surface area contributed by atoms with Gasteiger partial charge < -0.3 is 5.21 Å². The zero-order valence-corrected chi connectivity index (χ0v) is 8.02. The molecule has 0 atom stereocenters. The topological polar surface area (TPSA) is 78.8 Å². The molecule has 0 unspecified atom stereocenters. The van der Waals surface area contributed by atoms with Crippen LogP contribution in [0, 0.1) is 0 Å².